The number of methoxy groups -OCH3 is 1. The van der Waals surface area contributed by atoms with E-state index in [9.17, 15) is 4.79 Å². The molecule has 1 aliphatic rings. The van der Waals surface area contributed by atoms with Crippen LogP contribution in [0.2, 0.25) is 0 Å². The number of ether oxygens (including phenoxy) is 1. The molecule has 1 aliphatic heterocycles. The van der Waals surface area contributed by atoms with E-state index in [4.69, 9.17) is 4.74 Å². The van der Waals surface area contributed by atoms with Crippen molar-refractivity contribution in [2.24, 2.45) is 5.41 Å². The van der Waals surface area contributed by atoms with Crippen molar-refractivity contribution in [2.75, 3.05) is 39.9 Å². The van der Waals surface area contributed by atoms with E-state index in [0.29, 0.717) is 18.6 Å². The van der Waals surface area contributed by atoms with Crippen molar-refractivity contribution in [3.8, 4) is 0 Å². The number of amides is 1. The van der Waals surface area contributed by atoms with Crippen LogP contribution in [-0.2, 0) is 9.53 Å². The van der Waals surface area contributed by atoms with Crippen molar-refractivity contribution in [3.63, 3.8) is 0 Å². The highest BCUT2D eigenvalue weighted by Crippen LogP contribution is 2.29. The third-order valence-electron chi connectivity index (χ3n) is 3.45. The van der Waals surface area contributed by atoms with Crippen LogP contribution in [0.1, 0.15) is 33.1 Å². The number of hydrogen-bond donors (Lipinski definition) is 1. The molecule has 0 aromatic carbocycles. The molecule has 4 heteroatoms. The summed E-state index contributed by atoms with van der Waals surface area (Å²) < 4.78 is 4.93. The highest BCUT2D eigenvalue weighted by molar-refractivity contribution is 5.78. The van der Waals surface area contributed by atoms with Gasteiger partial charge in [0.05, 0.1) is 13.2 Å². The van der Waals surface area contributed by atoms with Gasteiger partial charge in [-0.1, -0.05) is 13.8 Å². The molecule has 1 heterocycles. The first-order valence-electron chi connectivity index (χ1n) is 6.52. The molecule has 0 aromatic heterocycles. The van der Waals surface area contributed by atoms with Gasteiger partial charge >= 0.3 is 0 Å². The Morgan fingerprint density at radius 3 is 2.82 bits per heavy atom. The number of hydrogen-bond acceptors (Lipinski definition) is 3. The Kier molecular flexibility index (Phi) is 5.92. The molecule has 17 heavy (non-hydrogen) atoms. The van der Waals surface area contributed by atoms with Crippen LogP contribution < -0.4 is 5.32 Å². The minimum Gasteiger partial charge on any atom is -0.383 e. The summed E-state index contributed by atoms with van der Waals surface area (Å²) in [7, 11) is 1.67. The summed E-state index contributed by atoms with van der Waals surface area (Å²) in [6.45, 7) is 8.22. The Labute approximate surface area is 105 Å². The number of nitrogens with zero attached hydrogens (tertiary/aromatic N) is 1. The summed E-state index contributed by atoms with van der Waals surface area (Å²) in [4.78, 5) is 13.9. The van der Waals surface area contributed by atoms with Gasteiger partial charge in [0, 0.05) is 26.7 Å². The molecule has 0 spiro atoms. The minimum atomic E-state index is 0.221. The van der Waals surface area contributed by atoms with Crippen LogP contribution in [-0.4, -0.2) is 50.7 Å². The second-order valence-corrected chi connectivity index (χ2v) is 5.57. The zero-order valence-corrected chi connectivity index (χ0v) is 11.4. The Balaban J connectivity index is 2.27. The van der Waals surface area contributed by atoms with Crippen LogP contribution >= 0.6 is 0 Å². The molecule has 0 bridgehead atoms. The van der Waals surface area contributed by atoms with E-state index < -0.39 is 0 Å². The van der Waals surface area contributed by atoms with Gasteiger partial charge in [-0.15, -0.1) is 0 Å². The average Bonchev–Trinajstić information content (AvgIpc) is 2.45. The number of nitrogens with one attached hydrogen (secondary N) is 1. The topological polar surface area (TPSA) is 41.6 Å². The molecular weight excluding hydrogens is 216 g/mol. The van der Waals surface area contributed by atoms with E-state index in [1.165, 1.54) is 6.42 Å². The molecule has 1 rings (SSSR count). The fourth-order valence-electron chi connectivity index (χ4n) is 2.15. The largest absolute Gasteiger partial charge is 0.383 e. The van der Waals surface area contributed by atoms with Crippen LogP contribution in [0, 0.1) is 5.41 Å². The number of carbonyl (C=O) groups excluding carboxylic acids is 1. The number of likely N-dealkylation sites (tertiary alicyclic amines) is 1. The summed E-state index contributed by atoms with van der Waals surface area (Å²) >= 11 is 0. The standard InChI is InChI=1S/C13H26N2O2/c1-13(2)5-4-8-15(9-6-13)12(16)11-14-7-10-17-3/h14H,4-11H2,1-3H3. The molecule has 100 valence electrons. The molecule has 0 unspecified atom stereocenters. The molecular formula is C13H26N2O2. The Morgan fingerprint density at radius 1 is 1.35 bits per heavy atom. The van der Waals surface area contributed by atoms with Crippen molar-refractivity contribution in [3.05, 3.63) is 0 Å². The summed E-state index contributed by atoms with van der Waals surface area (Å²) in [5.41, 5.74) is 0.387. The highest BCUT2D eigenvalue weighted by atomic mass is 16.5. The maximum atomic E-state index is 11.9. The lowest BCUT2D eigenvalue weighted by atomic mass is 9.85. The molecule has 0 saturated carbocycles. The number of rotatable bonds is 5. The Morgan fingerprint density at radius 2 is 2.12 bits per heavy atom. The fraction of sp³-hybridized carbons (Fsp3) is 0.923. The quantitative estimate of drug-likeness (QED) is 0.738. The van der Waals surface area contributed by atoms with Crippen LogP contribution in [0.4, 0.5) is 0 Å². The van der Waals surface area contributed by atoms with Crippen molar-refractivity contribution >= 4 is 5.91 Å². The predicted octanol–water partition coefficient (Wildman–Crippen LogP) is 1.26. The van der Waals surface area contributed by atoms with Gasteiger partial charge in [-0.25, -0.2) is 0 Å². The van der Waals surface area contributed by atoms with Crippen molar-refractivity contribution < 1.29 is 9.53 Å². The summed E-state index contributed by atoms with van der Waals surface area (Å²) in [6.07, 6.45) is 3.45. The maximum absolute atomic E-state index is 11.9. The highest BCUT2D eigenvalue weighted by Gasteiger charge is 2.24. The van der Waals surface area contributed by atoms with Gasteiger partial charge in [-0.2, -0.15) is 0 Å². The maximum Gasteiger partial charge on any atom is 0.236 e. The molecule has 1 amide bonds. The van der Waals surface area contributed by atoms with Crippen LogP contribution in [0.25, 0.3) is 0 Å². The lowest BCUT2D eigenvalue weighted by Crippen LogP contribution is -2.39. The van der Waals surface area contributed by atoms with E-state index in [1.54, 1.807) is 7.11 Å². The van der Waals surface area contributed by atoms with Gasteiger partial charge in [-0.3, -0.25) is 4.79 Å². The van der Waals surface area contributed by atoms with Crippen molar-refractivity contribution in [2.45, 2.75) is 33.1 Å². The van der Waals surface area contributed by atoms with Crippen LogP contribution in [0.15, 0.2) is 0 Å². The zero-order chi connectivity index (χ0) is 12.7. The summed E-state index contributed by atoms with van der Waals surface area (Å²) in [5, 5.41) is 3.11. The molecule has 1 fully saturated rings. The second-order valence-electron chi connectivity index (χ2n) is 5.57. The van der Waals surface area contributed by atoms with Crippen molar-refractivity contribution in [1.29, 1.82) is 0 Å². The molecule has 0 aliphatic carbocycles. The Hall–Kier alpha value is -0.610. The Bertz CT molecular complexity index is 242. The third kappa shape index (κ3) is 5.50. The van der Waals surface area contributed by atoms with E-state index >= 15 is 0 Å². The first kappa shape index (κ1) is 14.5. The lowest BCUT2D eigenvalue weighted by Gasteiger charge is -2.23. The van der Waals surface area contributed by atoms with Crippen LogP contribution in [0.3, 0.4) is 0 Å². The predicted molar refractivity (Wildman–Crippen MR) is 69.0 cm³/mol. The molecule has 1 saturated heterocycles. The van der Waals surface area contributed by atoms with E-state index in [1.807, 2.05) is 4.90 Å². The molecule has 1 N–H and O–H groups in total. The minimum absolute atomic E-state index is 0.221. The lowest BCUT2D eigenvalue weighted by molar-refractivity contribution is -0.130. The summed E-state index contributed by atoms with van der Waals surface area (Å²) in [6, 6.07) is 0. The van der Waals surface area contributed by atoms with E-state index in [0.717, 1.165) is 32.5 Å². The molecule has 0 aromatic rings. The van der Waals surface area contributed by atoms with E-state index in [2.05, 4.69) is 19.2 Å². The van der Waals surface area contributed by atoms with Gasteiger partial charge in [0.25, 0.3) is 0 Å². The van der Waals surface area contributed by atoms with Gasteiger partial charge < -0.3 is 15.0 Å². The normalized spacial score (nSPS) is 20.1. The van der Waals surface area contributed by atoms with Gasteiger partial charge in [0.2, 0.25) is 5.91 Å². The molecule has 0 atom stereocenters. The van der Waals surface area contributed by atoms with Gasteiger partial charge in [-0.05, 0) is 24.7 Å². The van der Waals surface area contributed by atoms with Gasteiger partial charge in [0.1, 0.15) is 0 Å². The summed E-state index contributed by atoms with van der Waals surface area (Å²) in [5.74, 6) is 0.221. The molecule has 0 radical (unpaired) electrons. The average molecular weight is 242 g/mol. The van der Waals surface area contributed by atoms with E-state index in [-0.39, 0.29) is 5.91 Å². The molecule has 4 nitrogen and oxygen atoms in total. The first-order chi connectivity index (χ1) is 8.05. The smallest absolute Gasteiger partial charge is 0.236 e. The SMILES string of the molecule is COCCNCC(=O)N1CCCC(C)(C)CC1. The monoisotopic (exact) mass is 242 g/mol. The third-order valence-corrected chi connectivity index (χ3v) is 3.45. The fourth-order valence-corrected chi connectivity index (χ4v) is 2.15. The zero-order valence-electron chi connectivity index (χ0n) is 11.4. The number of carbonyl (C=O) groups is 1. The van der Waals surface area contributed by atoms with Crippen molar-refractivity contribution in [1.82, 2.24) is 10.2 Å². The van der Waals surface area contributed by atoms with Crippen LogP contribution in [0.5, 0.6) is 0 Å². The first-order valence-corrected chi connectivity index (χ1v) is 6.52. The second kappa shape index (κ2) is 6.97. The van der Waals surface area contributed by atoms with Gasteiger partial charge in [0.15, 0.2) is 0 Å².